The van der Waals surface area contributed by atoms with Gasteiger partial charge in [-0.05, 0) is 17.7 Å². The molecule has 0 radical (unpaired) electrons. The zero-order valence-electron chi connectivity index (χ0n) is 10.0. The van der Waals surface area contributed by atoms with Crippen molar-refractivity contribution in [2.24, 2.45) is 5.41 Å². The highest BCUT2D eigenvalue weighted by molar-refractivity contribution is 6.03. The van der Waals surface area contributed by atoms with Crippen LogP contribution in [0.25, 0.3) is 0 Å². The van der Waals surface area contributed by atoms with Gasteiger partial charge in [0, 0.05) is 18.9 Å². The third-order valence-electron chi connectivity index (χ3n) is 2.91. The molecule has 1 fully saturated rings. The quantitative estimate of drug-likeness (QED) is 0.596. The Bertz CT molecular complexity index is 443. The number of nitrogens with zero attached hydrogens (tertiary/aromatic N) is 1. The van der Waals surface area contributed by atoms with Gasteiger partial charge in [-0.3, -0.25) is 14.6 Å². The lowest BCUT2D eigenvalue weighted by molar-refractivity contribution is -0.188. The van der Waals surface area contributed by atoms with Gasteiger partial charge in [0.1, 0.15) is 0 Å². The lowest BCUT2D eigenvalue weighted by Crippen LogP contribution is -2.59. The smallest absolute Gasteiger partial charge is 0.326 e. The van der Waals surface area contributed by atoms with Crippen LogP contribution in [0.5, 0.6) is 0 Å². The van der Waals surface area contributed by atoms with E-state index in [9.17, 15) is 9.59 Å². The number of ether oxygens (including phenoxy) is 2. The van der Waals surface area contributed by atoms with Gasteiger partial charge in [-0.2, -0.15) is 0 Å². The third-order valence-corrected chi connectivity index (χ3v) is 2.91. The number of esters is 1. The first-order chi connectivity index (χ1) is 8.69. The van der Waals surface area contributed by atoms with Crippen LogP contribution in [0.2, 0.25) is 0 Å². The Kier molecular flexibility index (Phi) is 3.57. The summed E-state index contributed by atoms with van der Waals surface area (Å²) in [5.41, 5.74) is -0.263. The van der Waals surface area contributed by atoms with Crippen molar-refractivity contribution in [3.05, 3.63) is 30.1 Å². The monoisotopic (exact) mass is 250 g/mol. The minimum absolute atomic E-state index is 0.0713. The molecule has 2 heterocycles. The minimum atomic E-state index is -1.18. The number of carbonyl (C=O) groups is 2. The van der Waals surface area contributed by atoms with E-state index in [1.54, 1.807) is 24.5 Å². The maximum absolute atomic E-state index is 12.0. The molecule has 1 aromatic rings. The summed E-state index contributed by atoms with van der Waals surface area (Å²) in [7, 11) is 1.26. The fourth-order valence-electron chi connectivity index (χ4n) is 1.70. The van der Waals surface area contributed by atoms with E-state index in [1.165, 1.54) is 7.11 Å². The molecule has 0 bridgehead atoms. The Morgan fingerprint density at radius 1 is 1.44 bits per heavy atom. The van der Waals surface area contributed by atoms with Crippen LogP contribution in [0.3, 0.4) is 0 Å². The molecular formula is C12H14N2O4. The molecule has 1 aliphatic heterocycles. The second kappa shape index (κ2) is 5.14. The molecule has 1 saturated heterocycles. The van der Waals surface area contributed by atoms with Gasteiger partial charge >= 0.3 is 5.97 Å². The van der Waals surface area contributed by atoms with Gasteiger partial charge in [-0.25, -0.2) is 0 Å². The maximum Gasteiger partial charge on any atom is 0.326 e. The molecule has 6 nitrogen and oxygen atoms in total. The van der Waals surface area contributed by atoms with Crippen molar-refractivity contribution in [3.8, 4) is 0 Å². The number of methoxy groups -OCH3 is 1. The number of hydrogen-bond donors (Lipinski definition) is 1. The summed E-state index contributed by atoms with van der Waals surface area (Å²) >= 11 is 0. The van der Waals surface area contributed by atoms with Gasteiger partial charge in [-0.15, -0.1) is 0 Å². The molecule has 6 heteroatoms. The van der Waals surface area contributed by atoms with E-state index in [-0.39, 0.29) is 19.1 Å². The zero-order valence-corrected chi connectivity index (χ0v) is 10.0. The molecule has 1 amide bonds. The van der Waals surface area contributed by atoms with Crippen LogP contribution < -0.4 is 5.32 Å². The lowest BCUT2D eigenvalue weighted by Gasteiger charge is -2.36. The molecule has 2 rings (SSSR count). The number of amides is 1. The van der Waals surface area contributed by atoms with Crippen LogP contribution in [-0.2, 0) is 25.6 Å². The second-order valence-electron chi connectivity index (χ2n) is 4.10. The molecular weight excluding hydrogens is 236 g/mol. The van der Waals surface area contributed by atoms with E-state index in [0.29, 0.717) is 6.54 Å². The van der Waals surface area contributed by atoms with Crippen LogP contribution >= 0.6 is 0 Å². The molecule has 0 saturated carbocycles. The summed E-state index contributed by atoms with van der Waals surface area (Å²) in [5.74, 6) is -0.918. The largest absolute Gasteiger partial charge is 0.468 e. The van der Waals surface area contributed by atoms with Crippen molar-refractivity contribution in [1.29, 1.82) is 0 Å². The first-order valence-electron chi connectivity index (χ1n) is 5.52. The summed E-state index contributed by atoms with van der Waals surface area (Å²) in [6.45, 7) is 0.490. The average Bonchev–Trinajstić information content (AvgIpc) is 2.36. The van der Waals surface area contributed by atoms with Crippen molar-refractivity contribution in [2.75, 3.05) is 20.3 Å². The predicted molar refractivity (Wildman–Crippen MR) is 61.4 cm³/mol. The molecule has 96 valence electrons. The Balaban J connectivity index is 1.97. The van der Waals surface area contributed by atoms with E-state index >= 15 is 0 Å². The van der Waals surface area contributed by atoms with Crippen molar-refractivity contribution >= 4 is 11.9 Å². The highest BCUT2D eigenvalue weighted by Gasteiger charge is 2.53. The van der Waals surface area contributed by atoms with Crippen molar-refractivity contribution in [3.63, 3.8) is 0 Å². The molecule has 0 spiro atoms. The molecule has 18 heavy (non-hydrogen) atoms. The van der Waals surface area contributed by atoms with Crippen molar-refractivity contribution in [2.45, 2.75) is 6.54 Å². The van der Waals surface area contributed by atoms with E-state index in [1.807, 2.05) is 0 Å². The first kappa shape index (κ1) is 12.5. The van der Waals surface area contributed by atoms with Gasteiger partial charge in [0.15, 0.2) is 5.41 Å². The SMILES string of the molecule is COC(=O)C1(C(=O)NCc2ccncc2)COC1. The maximum atomic E-state index is 12.0. The molecule has 1 aromatic heterocycles. The fraction of sp³-hybridized carbons (Fsp3) is 0.417. The highest BCUT2D eigenvalue weighted by Crippen LogP contribution is 2.29. The topological polar surface area (TPSA) is 77.5 Å². The van der Waals surface area contributed by atoms with Gasteiger partial charge in [0.25, 0.3) is 0 Å². The van der Waals surface area contributed by atoms with Gasteiger partial charge in [0.05, 0.1) is 20.3 Å². The summed E-state index contributed by atoms with van der Waals surface area (Å²) in [6.07, 6.45) is 3.29. The Labute approximate surface area is 104 Å². The second-order valence-corrected chi connectivity index (χ2v) is 4.10. The zero-order chi connectivity index (χ0) is 13.0. The van der Waals surface area contributed by atoms with Crippen LogP contribution in [-0.4, -0.2) is 37.2 Å². The standard InChI is InChI=1S/C12H14N2O4/c1-17-11(16)12(7-18-8-12)10(15)14-6-9-2-4-13-5-3-9/h2-5H,6-8H2,1H3,(H,14,15). The minimum Gasteiger partial charge on any atom is -0.468 e. The number of nitrogens with one attached hydrogen (secondary N) is 1. The van der Waals surface area contributed by atoms with Crippen molar-refractivity contribution in [1.82, 2.24) is 10.3 Å². The van der Waals surface area contributed by atoms with Crippen LogP contribution in [0, 0.1) is 5.41 Å². The third kappa shape index (κ3) is 2.19. The van der Waals surface area contributed by atoms with Crippen LogP contribution in [0.4, 0.5) is 0 Å². The number of aromatic nitrogens is 1. The summed E-state index contributed by atoms with van der Waals surface area (Å²) in [5, 5.41) is 2.71. The summed E-state index contributed by atoms with van der Waals surface area (Å²) in [6, 6.07) is 3.59. The number of hydrogen-bond acceptors (Lipinski definition) is 5. The van der Waals surface area contributed by atoms with Crippen molar-refractivity contribution < 1.29 is 19.1 Å². The molecule has 0 aromatic carbocycles. The van der Waals surface area contributed by atoms with Gasteiger partial charge < -0.3 is 14.8 Å². The normalized spacial score (nSPS) is 16.5. The molecule has 0 atom stereocenters. The summed E-state index contributed by atoms with van der Waals surface area (Å²) < 4.78 is 9.60. The molecule has 0 aliphatic carbocycles. The molecule has 1 aliphatic rings. The number of pyridine rings is 1. The van der Waals surface area contributed by atoms with E-state index < -0.39 is 11.4 Å². The van der Waals surface area contributed by atoms with E-state index in [2.05, 4.69) is 15.0 Å². The lowest BCUT2D eigenvalue weighted by atomic mass is 9.85. The van der Waals surface area contributed by atoms with Crippen LogP contribution in [0.1, 0.15) is 5.56 Å². The average molecular weight is 250 g/mol. The molecule has 1 N–H and O–H groups in total. The summed E-state index contributed by atoms with van der Waals surface area (Å²) in [4.78, 5) is 27.5. The fourth-order valence-corrected chi connectivity index (χ4v) is 1.70. The van der Waals surface area contributed by atoms with Crippen LogP contribution in [0.15, 0.2) is 24.5 Å². The van der Waals surface area contributed by atoms with E-state index in [0.717, 1.165) is 5.56 Å². The van der Waals surface area contributed by atoms with Gasteiger partial charge in [-0.1, -0.05) is 0 Å². The molecule has 0 unspecified atom stereocenters. The Morgan fingerprint density at radius 3 is 2.61 bits per heavy atom. The Morgan fingerprint density at radius 2 is 2.11 bits per heavy atom. The van der Waals surface area contributed by atoms with E-state index in [4.69, 9.17) is 4.74 Å². The number of rotatable bonds is 4. The van der Waals surface area contributed by atoms with Gasteiger partial charge in [0.2, 0.25) is 5.91 Å². The number of carbonyl (C=O) groups excluding carboxylic acids is 2. The Hall–Kier alpha value is -1.95. The highest BCUT2D eigenvalue weighted by atomic mass is 16.5. The predicted octanol–water partition coefficient (Wildman–Crippen LogP) is -0.113. The first-order valence-corrected chi connectivity index (χ1v) is 5.52.